The molecule has 0 amide bonds. The second-order valence-corrected chi connectivity index (χ2v) is 5.11. The van der Waals surface area contributed by atoms with E-state index in [1.807, 2.05) is 0 Å². The van der Waals surface area contributed by atoms with Gasteiger partial charge < -0.3 is 0 Å². The number of hydrogen-bond donors (Lipinski definition) is 0. The highest BCUT2D eigenvalue weighted by atomic mass is 16.1. The topological polar surface area (TPSA) is 64.7 Å². The highest BCUT2D eigenvalue weighted by molar-refractivity contribution is 5.91. The molecule has 0 N–H and O–H groups in total. The summed E-state index contributed by atoms with van der Waals surface area (Å²) in [6, 6.07) is 3.60. The summed E-state index contributed by atoms with van der Waals surface area (Å²) in [5.41, 5.74) is 0. The van der Waals surface area contributed by atoms with Gasteiger partial charge in [0.05, 0.1) is 12.1 Å². The average Bonchev–Trinajstić information content (AvgIpc) is 2.69. The molecule has 4 atom stereocenters. The van der Waals surface area contributed by atoms with Crippen molar-refractivity contribution in [2.24, 2.45) is 35.5 Å². The van der Waals surface area contributed by atoms with Gasteiger partial charge in [0.2, 0.25) is 0 Å². The van der Waals surface area contributed by atoms with Crippen molar-refractivity contribution in [2.45, 2.75) is 19.3 Å². The highest BCUT2D eigenvalue weighted by Gasteiger charge is 2.67. The maximum atomic E-state index is 11.9. The lowest BCUT2D eigenvalue weighted by Crippen LogP contribution is -2.17. The number of carbonyl (C=O) groups is 1. The van der Waals surface area contributed by atoms with Gasteiger partial charge >= 0.3 is 0 Å². The second-order valence-electron chi connectivity index (χ2n) is 5.11. The number of nitriles is 2. The SMILES string of the molecule is N#CC(C#N)C(=O)C1C2C3CCC(C3)C12. The Morgan fingerprint density at radius 1 is 1.13 bits per heavy atom. The number of hydrogen-bond acceptors (Lipinski definition) is 3. The van der Waals surface area contributed by atoms with E-state index >= 15 is 0 Å². The van der Waals surface area contributed by atoms with Crippen LogP contribution < -0.4 is 0 Å². The van der Waals surface area contributed by atoms with Crippen molar-refractivity contribution in [3.05, 3.63) is 0 Å². The molecule has 0 aromatic rings. The van der Waals surface area contributed by atoms with Crippen molar-refractivity contribution in [1.29, 1.82) is 10.5 Å². The molecule has 2 bridgehead atoms. The predicted octanol–water partition coefficient (Wildman–Crippen LogP) is 1.51. The first kappa shape index (κ1) is 8.92. The van der Waals surface area contributed by atoms with Crippen LogP contribution in [0.25, 0.3) is 0 Å². The summed E-state index contributed by atoms with van der Waals surface area (Å²) in [6.07, 6.45) is 3.82. The fraction of sp³-hybridized carbons (Fsp3) is 0.750. The van der Waals surface area contributed by atoms with Crippen LogP contribution >= 0.6 is 0 Å². The van der Waals surface area contributed by atoms with E-state index < -0.39 is 5.92 Å². The molecule has 0 saturated heterocycles. The van der Waals surface area contributed by atoms with E-state index in [0.29, 0.717) is 11.8 Å². The van der Waals surface area contributed by atoms with Gasteiger partial charge in [-0.2, -0.15) is 10.5 Å². The van der Waals surface area contributed by atoms with Crippen LogP contribution in [0.15, 0.2) is 0 Å². The molecule has 15 heavy (non-hydrogen) atoms. The molecular weight excluding hydrogens is 188 g/mol. The Morgan fingerprint density at radius 3 is 2.13 bits per heavy atom. The molecule has 76 valence electrons. The van der Waals surface area contributed by atoms with Crippen molar-refractivity contribution in [3.63, 3.8) is 0 Å². The molecule has 3 rings (SSSR count). The van der Waals surface area contributed by atoms with Crippen molar-refractivity contribution in [2.75, 3.05) is 0 Å². The Morgan fingerprint density at radius 2 is 1.67 bits per heavy atom. The summed E-state index contributed by atoms with van der Waals surface area (Å²) in [5.74, 6) is 1.51. The van der Waals surface area contributed by atoms with E-state index in [9.17, 15) is 4.79 Å². The Balaban J connectivity index is 1.76. The molecule has 3 heteroatoms. The van der Waals surface area contributed by atoms with Gasteiger partial charge in [0.1, 0.15) is 0 Å². The van der Waals surface area contributed by atoms with Gasteiger partial charge in [-0.25, -0.2) is 0 Å². The van der Waals surface area contributed by atoms with Gasteiger partial charge in [0.15, 0.2) is 11.7 Å². The molecule has 0 aliphatic heterocycles. The molecular formula is C12H12N2O. The number of nitrogens with zero attached hydrogens (tertiary/aromatic N) is 2. The first-order chi connectivity index (χ1) is 7.27. The van der Waals surface area contributed by atoms with Crippen LogP contribution in [0.1, 0.15) is 19.3 Å². The summed E-state index contributed by atoms with van der Waals surface area (Å²) >= 11 is 0. The normalized spacial score (nSPS) is 44.6. The van der Waals surface area contributed by atoms with Gasteiger partial charge in [0.25, 0.3) is 0 Å². The Labute approximate surface area is 88.7 Å². The zero-order valence-electron chi connectivity index (χ0n) is 8.39. The van der Waals surface area contributed by atoms with Crippen molar-refractivity contribution in [3.8, 4) is 12.1 Å². The van der Waals surface area contributed by atoms with Crippen LogP contribution in [-0.4, -0.2) is 5.78 Å². The standard InChI is InChI=1S/C12H12N2O/c13-4-8(5-14)12(15)11-9-6-1-2-7(3-6)10(9)11/h6-11H,1-3H2. The van der Waals surface area contributed by atoms with Gasteiger partial charge in [-0.1, -0.05) is 0 Å². The van der Waals surface area contributed by atoms with E-state index in [1.165, 1.54) is 19.3 Å². The fourth-order valence-corrected chi connectivity index (χ4v) is 4.05. The van der Waals surface area contributed by atoms with Crippen LogP contribution in [0.3, 0.4) is 0 Å². The smallest absolute Gasteiger partial charge is 0.191 e. The van der Waals surface area contributed by atoms with Crippen molar-refractivity contribution < 1.29 is 4.79 Å². The first-order valence-electron chi connectivity index (χ1n) is 5.61. The minimum Gasteiger partial charge on any atom is -0.297 e. The highest BCUT2D eigenvalue weighted by Crippen LogP contribution is 2.69. The number of ketones is 1. The van der Waals surface area contributed by atoms with Gasteiger partial charge in [-0.3, -0.25) is 4.79 Å². The minimum atomic E-state index is -1.01. The summed E-state index contributed by atoms with van der Waals surface area (Å²) in [7, 11) is 0. The van der Waals surface area contributed by atoms with E-state index in [2.05, 4.69) is 0 Å². The molecule has 0 heterocycles. The Hall–Kier alpha value is -1.35. The molecule has 0 radical (unpaired) electrons. The van der Waals surface area contributed by atoms with E-state index in [1.54, 1.807) is 12.1 Å². The Kier molecular flexibility index (Phi) is 1.68. The molecule has 0 spiro atoms. The van der Waals surface area contributed by atoms with Gasteiger partial charge in [-0.05, 0) is 42.9 Å². The number of rotatable bonds is 2. The molecule has 3 fully saturated rings. The van der Waals surface area contributed by atoms with Gasteiger partial charge in [0, 0.05) is 5.92 Å². The maximum absolute atomic E-state index is 11.9. The van der Waals surface area contributed by atoms with Crippen molar-refractivity contribution >= 4 is 5.78 Å². The molecule has 3 nitrogen and oxygen atoms in total. The van der Waals surface area contributed by atoms with E-state index in [-0.39, 0.29) is 11.7 Å². The summed E-state index contributed by atoms with van der Waals surface area (Å²) in [6.45, 7) is 0. The number of fused-ring (bicyclic) bond motifs is 5. The third kappa shape index (κ3) is 1.01. The quantitative estimate of drug-likeness (QED) is 0.678. The van der Waals surface area contributed by atoms with E-state index in [0.717, 1.165) is 11.8 Å². The molecule has 0 aromatic heterocycles. The lowest BCUT2D eigenvalue weighted by atomic mass is 9.94. The molecule has 4 unspecified atom stereocenters. The zero-order valence-corrected chi connectivity index (χ0v) is 8.39. The van der Waals surface area contributed by atoms with Crippen molar-refractivity contribution in [1.82, 2.24) is 0 Å². The fourth-order valence-electron chi connectivity index (χ4n) is 4.05. The monoisotopic (exact) mass is 200 g/mol. The molecule has 3 saturated carbocycles. The van der Waals surface area contributed by atoms with E-state index in [4.69, 9.17) is 10.5 Å². The number of carbonyl (C=O) groups excluding carboxylic acids is 1. The largest absolute Gasteiger partial charge is 0.297 e. The van der Waals surface area contributed by atoms with Crippen LogP contribution in [0, 0.1) is 58.2 Å². The molecule has 0 aromatic carbocycles. The lowest BCUT2D eigenvalue weighted by Gasteiger charge is -2.07. The van der Waals surface area contributed by atoms with Crippen LogP contribution in [-0.2, 0) is 4.79 Å². The van der Waals surface area contributed by atoms with Crippen LogP contribution in [0.2, 0.25) is 0 Å². The van der Waals surface area contributed by atoms with Crippen LogP contribution in [0.5, 0.6) is 0 Å². The third-order valence-electron chi connectivity index (χ3n) is 4.61. The average molecular weight is 200 g/mol. The zero-order chi connectivity index (χ0) is 10.6. The number of Topliss-reactive ketones (excluding diaryl/α,β-unsaturated/α-hetero) is 1. The third-order valence-corrected chi connectivity index (χ3v) is 4.61. The maximum Gasteiger partial charge on any atom is 0.191 e. The van der Waals surface area contributed by atoms with Gasteiger partial charge in [-0.15, -0.1) is 0 Å². The van der Waals surface area contributed by atoms with Crippen LogP contribution in [0.4, 0.5) is 0 Å². The molecule has 3 aliphatic rings. The summed E-state index contributed by atoms with van der Waals surface area (Å²) in [5, 5.41) is 17.4. The minimum absolute atomic E-state index is 0.0700. The predicted molar refractivity (Wildman–Crippen MR) is 51.0 cm³/mol. The summed E-state index contributed by atoms with van der Waals surface area (Å²) < 4.78 is 0. The lowest BCUT2D eigenvalue weighted by molar-refractivity contribution is -0.122. The molecule has 3 aliphatic carbocycles. The Bertz CT molecular complexity index is 373. The second kappa shape index (κ2) is 2.83. The summed E-state index contributed by atoms with van der Waals surface area (Å²) in [4.78, 5) is 11.9. The first-order valence-corrected chi connectivity index (χ1v) is 5.61.